The van der Waals surface area contributed by atoms with Gasteiger partial charge in [0, 0.05) is 0 Å². The van der Waals surface area contributed by atoms with Crippen LogP contribution < -0.4 is 0 Å². The minimum Gasteiger partial charge on any atom is -0.294 e. The van der Waals surface area contributed by atoms with E-state index in [1.165, 1.54) is 64.2 Å². The monoisotopic (exact) mass is 328 g/mol. The zero-order valence-corrected chi connectivity index (χ0v) is 15.0. The van der Waals surface area contributed by atoms with Crippen molar-refractivity contribution in [1.82, 2.24) is 0 Å². The second-order valence-electron chi connectivity index (χ2n) is 8.06. The first-order valence-electron chi connectivity index (χ1n) is 10.2. The van der Waals surface area contributed by atoms with Crippen LogP contribution in [-0.4, -0.2) is 11.6 Å². The maximum atomic E-state index is 12.8. The lowest BCUT2D eigenvalue weighted by atomic mass is 9.78. The van der Waals surface area contributed by atoms with Crippen LogP contribution in [0.3, 0.4) is 0 Å². The summed E-state index contributed by atoms with van der Waals surface area (Å²) < 4.78 is 0. The summed E-state index contributed by atoms with van der Waals surface area (Å²) in [6.07, 6.45) is 21.3. The maximum absolute atomic E-state index is 12.8. The fourth-order valence-electron chi connectivity index (χ4n) is 4.67. The standard InChI is InChI=1S/C22H32O2/c23-21(15-14-17-8-3-1-4-9-17)20-13-7-12-19(22(20)24)16-18-10-5-2-6-11-18/h14-18,20H,1-13H2. The van der Waals surface area contributed by atoms with Crippen LogP contribution in [0.4, 0.5) is 0 Å². The van der Waals surface area contributed by atoms with E-state index >= 15 is 0 Å². The number of carbonyl (C=O) groups excluding carboxylic acids is 2. The molecule has 1 atom stereocenters. The molecule has 0 N–H and O–H groups in total. The SMILES string of the molecule is O=C(C=CC1CCCCC1)C1CCCC(=CC2CCCCC2)C1=O. The molecule has 3 saturated carbocycles. The third kappa shape index (κ3) is 4.68. The number of Topliss-reactive ketones (excluding diaryl/α,β-unsaturated/α-hetero) is 1. The van der Waals surface area contributed by atoms with Crippen molar-refractivity contribution in [2.75, 3.05) is 0 Å². The van der Waals surface area contributed by atoms with Gasteiger partial charge in [-0.1, -0.05) is 50.7 Å². The molecule has 0 aromatic rings. The van der Waals surface area contributed by atoms with Gasteiger partial charge in [0.05, 0.1) is 5.92 Å². The molecule has 3 rings (SSSR count). The van der Waals surface area contributed by atoms with Crippen LogP contribution in [0.1, 0.15) is 83.5 Å². The fraction of sp³-hybridized carbons (Fsp3) is 0.727. The van der Waals surface area contributed by atoms with Crippen LogP contribution >= 0.6 is 0 Å². The molecule has 0 aromatic heterocycles. The number of hydrogen-bond donors (Lipinski definition) is 0. The minimum absolute atomic E-state index is 0.0554. The number of carbonyl (C=O) groups is 2. The molecule has 0 radical (unpaired) electrons. The molecular weight excluding hydrogens is 296 g/mol. The van der Waals surface area contributed by atoms with Crippen molar-refractivity contribution >= 4 is 11.6 Å². The molecule has 2 nitrogen and oxygen atoms in total. The minimum atomic E-state index is -0.395. The lowest BCUT2D eigenvalue weighted by molar-refractivity contribution is -0.129. The Morgan fingerprint density at radius 1 is 0.792 bits per heavy atom. The van der Waals surface area contributed by atoms with Crippen molar-refractivity contribution < 1.29 is 9.59 Å². The van der Waals surface area contributed by atoms with Crippen molar-refractivity contribution in [1.29, 1.82) is 0 Å². The predicted molar refractivity (Wildman–Crippen MR) is 97.7 cm³/mol. The topological polar surface area (TPSA) is 34.1 Å². The highest BCUT2D eigenvalue weighted by molar-refractivity contribution is 6.14. The van der Waals surface area contributed by atoms with Crippen molar-refractivity contribution in [3.8, 4) is 0 Å². The Kier molecular flexibility index (Phi) is 6.45. The Labute approximate surface area is 146 Å². The third-order valence-electron chi connectivity index (χ3n) is 6.18. The second kappa shape index (κ2) is 8.78. The number of ketones is 2. The van der Waals surface area contributed by atoms with Gasteiger partial charge >= 0.3 is 0 Å². The summed E-state index contributed by atoms with van der Waals surface area (Å²) in [5.74, 6) is 0.918. The van der Waals surface area contributed by atoms with Crippen LogP contribution in [0.15, 0.2) is 23.8 Å². The summed E-state index contributed by atoms with van der Waals surface area (Å²) in [6, 6.07) is 0. The average Bonchev–Trinajstić information content (AvgIpc) is 2.63. The zero-order valence-electron chi connectivity index (χ0n) is 15.0. The number of allylic oxidation sites excluding steroid dienone is 4. The van der Waals surface area contributed by atoms with E-state index in [4.69, 9.17) is 0 Å². The summed E-state index contributed by atoms with van der Waals surface area (Å²) in [6.45, 7) is 0. The molecule has 0 saturated heterocycles. The van der Waals surface area contributed by atoms with E-state index in [-0.39, 0.29) is 11.6 Å². The van der Waals surface area contributed by atoms with Crippen molar-refractivity contribution in [2.45, 2.75) is 83.5 Å². The van der Waals surface area contributed by atoms with E-state index < -0.39 is 5.92 Å². The first-order valence-corrected chi connectivity index (χ1v) is 10.2. The molecule has 2 heteroatoms. The summed E-state index contributed by atoms with van der Waals surface area (Å²) in [5.41, 5.74) is 0.956. The Morgan fingerprint density at radius 2 is 1.42 bits per heavy atom. The van der Waals surface area contributed by atoms with E-state index in [1.807, 2.05) is 0 Å². The van der Waals surface area contributed by atoms with Gasteiger partial charge in [0.1, 0.15) is 0 Å². The molecule has 3 fully saturated rings. The van der Waals surface area contributed by atoms with E-state index in [1.54, 1.807) is 6.08 Å². The van der Waals surface area contributed by atoms with Crippen molar-refractivity contribution in [3.63, 3.8) is 0 Å². The van der Waals surface area contributed by atoms with E-state index in [0.29, 0.717) is 11.8 Å². The van der Waals surface area contributed by atoms with Gasteiger partial charge in [0.2, 0.25) is 0 Å². The fourth-order valence-corrected chi connectivity index (χ4v) is 4.67. The third-order valence-corrected chi connectivity index (χ3v) is 6.18. The maximum Gasteiger partial charge on any atom is 0.169 e. The molecule has 1 unspecified atom stereocenters. The van der Waals surface area contributed by atoms with Gasteiger partial charge in [0.25, 0.3) is 0 Å². The summed E-state index contributed by atoms with van der Waals surface area (Å²) in [7, 11) is 0. The van der Waals surface area contributed by atoms with Crippen LogP contribution in [0.5, 0.6) is 0 Å². The van der Waals surface area contributed by atoms with Gasteiger partial charge in [-0.3, -0.25) is 9.59 Å². The van der Waals surface area contributed by atoms with Crippen LogP contribution in [0.25, 0.3) is 0 Å². The number of rotatable bonds is 4. The van der Waals surface area contributed by atoms with Gasteiger partial charge in [-0.05, 0) is 68.4 Å². The van der Waals surface area contributed by atoms with Crippen LogP contribution in [0, 0.1) is 17.8 Å². The largest absolute Gasteiger partial charge is 0.294 e. The highest BCUT2D eigenvalue weighted by Crippen LogP contribution is 2.32. The zero-order chi connectivity index (χ0) is 16.8. The molecule has 24 heavy (non-hydrogen) atoms. The molecule has 132 valence electrons. The van der Waals surface area contributed by atoms with Gasteiger partial charge in [-0.2, -0.15) is 0 Å². The van der Waals surface area contributed by atoms with E-state index in [0.717, 1.165) is 24.8 Å². The lowest BCUT2D eigenvalue weighted by Crippen LogP contribution is -2.28. The summed E-state index contributed by atoms with van der Waals surface area (Å²) in [5, 5.41) is 0. The average molecular weight is 328 g/mol. The predicted octanol–water partition coefficient (Wildman–Crippen LogP) is 5.57. The molecular formula is C22H32O2. The van der Waals surface area contributed by atoms with Crippen LogP contribution in [-0.2, 0) is 9.59 Å². The first-order chi connectivity index (χ1) is 11.7. The highest BCUT2D eigenvalue weighted by atomic mass is 16.1. The van der Waals surface area contributed by atoms with Gasteiger partial charge in [-0.25, -0.2) is 0 Å². The normalized spacial score (nSPS) is 29.4. The second-order valence-corrected chi connectivity index (χ2v) is 8.06. The Balaban J connectivity index is 1.60. The molecule has 0 aromatic carbocycles. The van der Waals surface area contributed by atoms with Gasteiger partial charge in [0.15, 0.2) is 11.6 Å². The molecule has 0 amide bonds. The van der Waals surface area contributed by atoms with E-state index in [9.17, 15) is 9.59 Å². The van der Waals surface area contributed by atoms with Crippen LogP contribution in [0.2, 0.25) is 0 Å². The Hall–Kier alpha value is -1.18. The first kappa shape index (κ1) is 17.6. The quantitative estimate of drug-likeness (QED) is 0.499. The summed E-state index contributed by atoms with van der Waals surface area (Å²) in [4.78, 5) is 25.3. The molecule has 3 aliphatic rings. The highest BCUT2D eigenvalue weighted by Gasteiger charge is 2.31. The van der Waals surface area contributed by atoms with Crippen molar-refractivity contribution in [2.24, 2.45) is 17.8 Å². The Bertz CT molecular complexity index is 502. The molecule has 0 heterocycles. The summed E-state index contributed by atoms with van der Waals surface area (Å²) >= 11 is 0. The Morgan fingerprint density at radius 3 is 2.08 bits per heavy atom. The van der Waals surface area contributed by atoms with Gasteiger partial charge < -0.3 is 0 Å². The smallest absolute Gasteiger partial charge is 0.169 e. The molecule has 0 bridgehead atoms. The molecule has 0 spiro atoms. The lowest BCUT2D eigenvalue weighted by Gasteiger charge is -2.24. The van der Waals surface area contributed by atoms with Crippen molar-refractivity contribution in [3.05, 3.63) is 23.8 Å². The molecule has 0 aliphatic heterocycles. The van der Waals surface area contributed by atoms with E-state index in [2.05, 4.69) is 12.2 Å². The molecule has 3 aliphatic carbocycles. The number of hydrogen-bond acceptors (Lipinski definition) is 2. The van der Waals surface area contributed by atoms with Gasteiger partial charge in [-0.15, -0.1) is 0 Å².